The zero-order valence-corrected chi connectivity index (χ0v) is 19.6. The van der Waals surface area contributed by atoms with Gasteiger partial charge in [0.15, 0.2) is 0 Å². The molecule has 1 unspecified atom stereocenters. The van der Waals surface area contributed by atoms with Crippen LogP contribution in [0.4, 0.5) is 13.2 Å². The SMILES string of the molecule is C=CSCc1ccc2ncn(-c3cc(OC(C)c4ccccc4C(F)(F)F)c(C(N)=O)s3)c2c1. The van der Waals surface area contributed by atoms with E-state index >= 15 is 0 Å². The largest absolute Gasteiger partial charge is 0.484 e. The molecule has 176 valence electrons. The lowest BCUT2D eigenvalue weighted by Crippen LogP contribution is -2.15. The molecule has 0 spiro atoms. The van der Waals surface area contributed by atoms with Crippen molar-refractivity contribution in [3.8, 4) is 10.8 Å². The van der Waals surface area contributed by atoms with Crippen LogP contribution in [0.2, 0.25) is 0 Å². The number of nitrogens with two attached hydrogens (primary N) is 1. The van der Waals surface area contributed by atoms with Crippen LogP contribution in [0.15, 0.2) is 66.8 Å². The molecular formula is C24H20F3N3O2S2. The quantitative estimate of drug-likeness (QED) is 0.290. The Morgan fingerprint density at radius 3 is 2.76 bits per heavy atom. The van der Waals surface area contributed by atoms with Crippen LogP contribution in [0.3, 0.4) is 0 Å². The number of amides is 1. The summed E-state index contributed by atoms with van der Waals surface area (Å²) in [6, 6.07) is 12.7. The molecule has 1 amide bonds. The van der Waals surface area contributed by atoms with Gasteiger partial charge in [-0.3, -0.25) is 9.36 Å². The molecule has 0 aliphatic heterocycles. The predicted molar refractivity (Wildman–Crippen MR) is 129 cm³/mol. The highest BCUT2D eigenvalue weighted by atomic mass is 32.2. The first kappa shape index (κ1) is 23.9. The highest BCUT2D eigenvalue weighted by Gasteiger charge is 2.35. The molecule has 2 aromatic carbocycles. The van der Waals surface area contributed by atoms with E-state index in [-0.39, 0.29) is 16.2 Å². The molecule has 34 heavy (non-hydrogen) atoms. The lowest BCUT2D eigenvalue weighted by Gasteiger charge is -2.19. The Morgan fingerprint density at radius 1 is 1.29 bits per heavy atom. The fourth-order valence-electron chi connectivity index (χ4n) is 3.58. The van der Waals surface area contributed by atoms with E-state index in [9.17, 15) is 18.0 Å². The smallest absolute Gasteiger partial charge is 0.416 e. The number of primary amides is 1. The van der Waals surface area contributed by atoms with E-state index in [2.05, 4.69) is 11.6 Å². The average Bonchev–Trinajstić information content (AvgIpc) is 3.40. The lowest BCUT2D eigenvalue weighted by atomic mass is 10.0. The van der Waals surface area contributed by atoms with Gasteiger partial charge in [0.1, 0.15) is 28.1 Å². The molecule has 10 heteroatoms. The van der Waals surface area contributed by atoms with Crippen molar-refractivity contribution in [3.63, 3.8) is 0 Å². The number of aromatic nitrogens is 2. The minimum atomic E-state index is -4.53. The van der Waals surface area contributed by atoms with Crippen molar-refractivity contribution in [2.24, 2.45) is 5.73 Å². The molecule has 0 radical (unpaired) electrons. The summed E-state index contributed by atoms with van der Waals surface area (Å²) in [5.41, 5.74) is 7.39. The predicted octanol–water partition coefficient (Wildman–Crippen LogP) is 6.72. The van der Waals surface area contributed by atoms with E-state index in [0.717, 1.165) is 39.8 Å². The Hall–Kier alpha value is -3.24. The van der Waals surface area contributed by atoms with Gasteiger partial charge in [0.2, 0.25) is 0 Å². The second kappa shape index (κ2) is 9.55. The van der Waals surface area contributed by atoms with Crippen LogP contribution in [-0.4, -0.2) is 15.5 Å². The van der Waals surface area contributed by atoms with Gasteiger partial charge in [-0.05, 0) is 36.1 Å². The molecule has 4 rings (SSSR count). The summed E-state index contributed by atoms with van der Waals surface area (Å²) < 4.78 is 48.0. The molecule has 0 bridgehead atoms. The maximum atomic E-state index is 13.5. The van der Waals surface area contributed by atoms with Crippen LogP contribution in [-0.2, 0) is 11.9 Å². The van der Waals surface area contributed by atoms with Crippen molar-refractivity contribution in [3.05, 3.63) is 88.4 Å². The molecule has 0 saturated heterocycles. The van der Waals surface area contributed by atoms with Gasteiger partial charge in [-0.15, -0.1) is 23.1 Å². The molecule has 0 saturated carbocycles. The Labute approximate surface area is 202 Å². The van der Waals surface area contributed by atoms with Crippen molar-refractivity contribution in [1.29, 1.82) is 0 Å². The molecule has 4 aromatic rings. The standard InChI is InChI=1S/C24H20F3N3O2S2/c1-3-33-12-15-8-9-18-19(10-15)30(13-29-18)21-11-20(22(34-21)23(28)31)32-14(2)16-6-4-5-7-17(16)24(25,26)27/h3-11,13-14H,1,12H2,2H3,(H2,28,31). The highest BCUT2D eigenvalue weighted by Crippen LogP contribution is 2.39. The van der Waals surface area contributed by atoms with Gasteiger partial charge in [0.25, 0.3) is 5.91 Å². The normalized spacial score (nSPS) is 12.6. The number of carbonyl (C=O) groups excluding carboxylic acids is 1. The van der Waals surface area contributed by atoms with Crippen LogP contribution in [0.25, 0.3) is 16.0 Å². The van der Waals surface area contributed by atoms with Gasteiger partial charge in [-0.2, -0.15) is 13.2 Å². The maximum absolute atomic E-state index is 13.5. The summed E-state index contributed by atoms with van der Waals surface area (Å²) >= 11 is 2.66. The van der Waals surface area contributed by atoms with E-state index in [0.29, 0.717) is 5.00 Å². The van der Waals surface area contributed by atoms with Gasteiger partial charge >= 0.3 is 6.18 Å². The Morgan fingerprint density at radius 2 is 2.06 bits per heavy atom. The number of ether oxygens (including phenoxy) is 1. The van der Waals surface area contributed by atoms with E-state index in [1.165, 1.54) is 25.1 Å². The van der Waals surface area contributed by atoms with Crippen molar-refractivity contribution in [2.75, 3.05) is 0 Å². The molecule has 0 aliphatic rings. The number of fused-ring (bicyclic) bond motifs is 1. The summed E-state index contributed by atoms with van der Waals surface area (Å²) in [6.07, 6.45) is -3.88. The Bertz CT molecular complexity index is 1360. The van der Waals surface area contributed by atoms with Crippen molar-refractivity contribution < 1.29 is 22.7 Å². The number of carbonyl (C=O) groups is 1. The third kappa shape index (κ3) is 4.83. The first-order chi connectivity index (χ1) is 16.2. The summed E-state index contributed by atoms with van der Waals surface area (Å²) in [5.74, 6) is 0.138. The molecule has 2 N–H and O–H groups in total. The first-order valence-electron chi connectivity index (χ1n) is 10.1. The number of nitrogens with zero attached hydrogens (tertiary/aromatic N) is 2. The molecular weight excluding hydrogens is 483 g/mol. The number of rotatable bonds is 8. The zero-order valence-electron chi connectivity index (χ0n) is 18.0. The number of hydrogen-bond donors (Lipinski definition) is 1. The van der Waals surface area contributed by atoms with Crippen LogP contribution in [0.1, 0.15) is 39.4 Å². The minimum Gasteiger partial charge on any atom is -0.484 e. The van der Waals surface area contributed by atoms with E-state index in [1.807, 2.05) is 18.2 Å². The molecule has 1 atom stereocenters. The van der Waals surface area contributed by atoms with Crippen LogP contribution < -0.4 is 10.5 Å². The number of halogens is 3. The number of alkyl halides is 3. The second-order valence-electron chi connectivity index (χ2n) is 7.40. The van der Waals surface area contributed by atoms with Gasteiger partial charge in [0.05, 0.1) is 16.6 Å². The topological polar surface area (TPSA) is 70.1 Å². The van der Waals surface area contributed by atoms with Gasteiger partial charge in [-0.25, -0.2) is 4.98 Å². The number of imidazole rings is 1. The molecule has 0 aliphatic carbocycles. The van der Waals surface area contributed by atoms with E-state index in [1.54, 1.807) is 34.1 Å². The number of thiophene rings is 1. The summed E-state index contributed by atoms with van der Waals surface area (Å²) in [5, 5.41) is 2.37. The van der Waals surface area contributed by atoms with Gasteiger partial charge < -0.3 is 10.5 Å². The Balaban J connectivity index is 1.71. The lowest BCUT2D eigenvalue weighted by molar-refractivity contribution is -0.138. The van der Waals surface area contributed by atoms with E-state index < -0.39 is 23.8 Å². The van der Waals surface area contributed by atoms with Gasteiger partial charge in [0, 0.05) is 17.4 Å². The van der Waals surface area contributed by atoms with Crippen molar-refractivity contribution >= 4 is 40.0 Å². The summed E-state index contributed by atoms with van der Waals surface area (Å²) in [7, 11) is 0. The van der Waals surface area contributed by atoms with Crippen molar-refractivity contribution in [2.45, 2.75) is 25.0 Å². The average molecular weight is 504 g/mol. The summed E-state index contributed by atoms with van der Waals surface area (Å²) in [4.78, 5) is 16.6. The fraction of sp³-hybridized carbons (Fsp3) is 0.167. The Kier molecular flexibility index (Phi) is 6.72. The van der Waals surface area contributed by atoms with Crippen LogP contribution in [0, 0.1) is 0 Å². The monoisotopic (exact) mass is 503 g/mol. The van der Waals surface area contributed by atoms with Crippen LogP contribution in [0.5, 0.6) is 5.75 Å². The number of hydrogen-bond acceptors (Lipinski definition) is 5. The maximum Gasteiger partial charge on any atom is 0.416 e. The fourth-order valence-corrected chi connectivity index (χ4v) is 4.99. The number of thioether (sulfide) groups is 1. The second-order valence-corrected chi connectivity index (χ2v) is 9.39. The molecule has 0 fully saturated rings. The van der Waals surface area contributed by atoms with Gasteiger partial charge in [-0.1, -0.05) is 30.8 Å². The number of benzene rings is 2. The molecule has 2 heterocycles. The van der Waals surface area contributed by atoms with Crippen molar-refractivity contribution in [1.82, 2.24) is 9.55 Å². The third-order valence-corrected chi connectivity index (χ3v) is 7.00. The molecule has 2 aromatic heterocycles. The summed E-state index contributed by atoms with van der Waals surface area (Å²) in [6.45, 7) is 5.22. The zero-order chi connectivity index (χ0) is 24.5. The molecule has 5 nitrogen and oxygen atoms in total. The minimum absolute atomic E-state index is 0.0318. The van der Waals surface area contributed by atoms with E-state index in [4.69, 9.17) is 10.5 Å². The van der Waals surface area contributed by atoms with Crippen LogP contribution >= 0.6 is 23.1 Å². The third-order valence-electron chi connectivity index (χ3n) is 5.13. The first-order valence-corrected chi connectivity index (χ1v) is 12.0. The highest BCUT2D eigenvalue weighted by molar-refractivity contribution is 8.01.